The van der Waals surface area contributed by atoms with Gasteiger partial charge < -0.3 is 0 Å². The lowest BCUT2D eigenvalue weighted by Gasteiger charge is -2.16. The van der Waals surface area contributed by atoms with Gasteiger partial charge in [0.15, 0.2) is 0 Å². The molecule has 0 aliphatic rings. The molecule has 0 unspecified atom stereocenters. The second kappa shape index (κ2) is 7.61. The van der Waals surface area contributed by atoms with Crippen molar-refractivity contribution < 1.29 is 0 Å². The van der Waals surface area contributed by atoms with Crippen molar-refractivity contribution in [1.29, 1.82) is 0 Å². The Morgan fingerprint density at radius 3 is 1.33 bits per heavy atom. The molecule has 0 bridgehead atoms. The normalized spacial score (nSPS) is 11.2. The fraction of sp³-hybridized carbons (Fsp3) is 0.0833. The number of hydrogen-bond donors (Lipinski definition) is 0. The van der Waals surface area contributed by atoms with Crippen molar-refractivity contribution in [3.05, 3.63) is 119 Å². The van der Waals surface area contributed by atoms with Crippen molar-refractivity contribution in [1.82, 2.24) is 0 Å². The van der Waals surface area contributed by atoms with Gasteiger partial charge >= 0.3 is 0 Å². The topological polar surface area (TPSA) is 0 Å². The molecule has 0 N–H and O–H groups in total. The van der Waals surface area contributed by atoms with Gasteiger partial charge in [0.05, 0.1) is 0 Å². The van der Waals surface area contributed by atoms with Gasteiger partial charge in [0.25, 0.3) is 0 Å². The predicted molar refractivity (Wildman–Crippen MR) is 105 cm³/mol. The summed E-state index contributed by atoms with van der Waals surface area (Å²) in [6.45, 7) is 4.33. The molecule has 0 saturated heterocycles. The van der Waals surface area contributed by atoms with Gasteiger partial charge in [-0.15, -0.1) is 0 Å². The van der Waals surface area contributed by atoms with E-state index in [1.807, 2.05) is 0 Å². The summed E-state index contributed by atoms with van der Waals surface area (Å²) in [5.41, 5.74) is 7.60. The summed E-state index contributed by atoms with van der Waals surface area (Å²) in [6, 6.07) is 31.9. The Bertz CT molecular complexity index is 797. The zero-order valence-electron chi connectivity index (χ0n) is 14.2. The first kappa shape index (κ1) is 16.0. The Kier molecular flexibility index (Phi) is 5.08. The van der Waals surface area contributed by atoms with Gasteiger partial charge in [-0.3, -0.25) is 0 Å². The Morgan fingerprint density at radius 2 is 0.958 bits per heavy atom. The van der Waals surface area contributed by atoms with E-state index in [1.54, 1.807) is 0 Å². The van der Waals surface area contributed by atoms with E-state index < -0.39 is 0 Å². The third-order valence-corrected chi connectivity index (χ3v) is 4.28. The Labute approximate surface area is 144 Å². The zero-order valence-corrected chi connectivity index (χ0v) is 14.2. The molecule has 0 amide bonds. The van der Waals surface area contributed by atoms with Crippen molar-refractivity contribution in [3.63, 3.8) is 0 Å². The van der Waals surface area contributed by atoms with Crippen molar-refractivity contribution in [2.45, 2.75) is 13.8 Å². The molecule has 3 aromatic rings. The standard InChI is InChI=1S/C24H22/c1-3-23(20-13-7-4-8-14-20)19(2)24(21-15-9-5-10-16-21)22-17-11-6-12-18-22/h3-18H,1-2H3/b23-3+. The summed E-state index contributed by atoms with van der Waals surface area (Å²) in [6.07, 6.45) is 2.20. The zero-order chi connectivity index (χ0) is 16.8. The van der Waals surface area contributed by atoms with Gasteiger partial charge in [-0.2, -0.15) is 0 Å². The van der Waals surface area contributed by atoms with Gasteiger partial charge in [-0.1, -0.05) is 97.1 Å². The third kappa shape index (κ3) is 3.38. The van der Waals surface area contributed by atoms with Crippen LogP contribution in [0.2, 0.25) is 0 Å². The van der Waals surface area contributed by atoms with Crippen LogP contribution < -0.4 is 0 Å². The van der Waals surface area contributed by atoms with Crippen LogP contribution in [-0.4, -0.2) is 0 Å². The van der Waals surface area contributed by atoms with E-state index in [4.69, 9.17) is 0 Å². The fourth-order valence-electron chi connectivity index (χ4n) is 3.16. The summed E-state index contributed by atoms with van der Waals surface area (Å²) in [5.74, 6) is 0. The fourth-order valence-corrected chi connectivity index (χ4v) is 3.16. The maximum Gasteiger partial charge on any atom is -0.00761 e. The molecule has 0 aliphatic carbocycles. The third-order valence-electron chi connectivity index (χ3n) is 4.28. The molecule has 0 aromatic heterocycles. The summed E-state index contributed by atoms with van der Waals surface area (Å²) < 4.78 is 0. The number of benzene rings is 3. The van der Waals surface area contributed by atoms with E-state index in [0.717, 1.165) is 0 Å². The Balaban J connectivity index is 2.22. The van der Waals surface area contributed by atoms with Crippen LogP contribution in [0.15, 0.2) is 103 Å². The summed E-state index contributed by atoms with van der Waals surface area (Å²) >= 11 is 0. The minimum Gasteiger partial charge on any atom is -0.0795 e. The molecule has 118 valence electrons. The smallest absolute Gasteiger partial charge is 0.00761 e. The summed E-state index contributed by atoms with van der Waals surface area (Å²) in [5, 5.41) is 0. The highest BCUT2D eigenvalue weighted by Gasteiger charge is 2.12. The van der Waals surface area contributed by atoms with Crippen LogP contribution in [0.5, 0.6) is 0 Å². The monoisotopic (exact) mass is 310 g/mol. The van der Waals surface area contributed by atoms with E-state index in [1.165, 1.54) is 33.4 Å². The molecular formula is C24H22. The lowest BCUT2D eigenvalue weighted by atomic mass is 9.87. The second-order valence-electron chi connectivity index (χ2n) is 5.80. The van der Waals surface area contributed by atoms with Crippen molar-refractivity contribution in [3.8, 4) is 0 Å². The van der Waals surface area contributed by atoms with E-state index >= 15 is 0 Å². The average molecular weight is 310 g/mol. The Morgan fingerprint density at radius 1 is 0.583 bits per heavy atom. The van der Waals surface area contributed by atoms with E-state index in [-0.39, 0.29) is 0 Å². The second-order valence-corrected chi connectivity index (χ2v) is 5.80. The van der Waals surface area contributed by atoms with Crippen LogP contribution in [0.1, 0.15) is 30.5 Å². The van der Waals surface area contributed by atoms with Gasteiger partial charge in [0, 0.05) is 0 Å². The van der Waals surface area contributed by atoms with E-state index in [9.17, 15) is 0 Å². The van der Waals surface area contributed by atoms with E-state index in [0.29, 0.717) is 0 Å². The quantitative estimate of drug-likeness (QED) is 0.475. The molecule has 0 saturated carbocycles. The molecule has 0 aliphatic heterocycles. The predicted octanol–water partition coefficient (Wildman–Crippen LogP) is 6.61. The molecule has 0 heteroatoms. The minimum atomic E-state index is 1.25. The molecule has 0 heterocycles. The number of hydrogen-bond acceptors (Lipinski definition) is 0. The largest absolute Gasteiger partial charge is 0.0795 e. The van der Waals surface area contributed by atoms with Gasteiger partial charge in [-0.05, 0) is 47.3 Å². The molecule has 3 aromatic carbocycles. The van der Waals surface area contributed by atoms with Crippen molar-refractivity contribution >= 4 is 11.1 Å². The minimum absolute atomic E-state index is 1.25. The maximum absolute atomic E-state index is 2.22. The van der Waals surface area contributed by atoms with Crippen LogP contribution >= 0.6 is 0 Å². The lowest BCUT2D eigenvalue weighted by Crippen LogP contribution is -1.95. The number of allylic oxidation sites excluding steroid dienone is 3. The van der Waals surface area contributed by atoms with Crippen LogP contribution in [0, 0.1) is 0 Å². The van der Waals surface area contributed by atoms with Gasteiger partial charge in [-0.25, -0.2) is 0 Å². The molecule has 0 nitrogen and oxygen atoms in total. The van der Waals surface area contributed by atoms with Crippen LogP contribution in [0.25, 0.3) is 11.1 Å². The van der Waals surface area contributed by atoms with Crippen molar-refractivity contribution in [2.24, 2.45) is 0 Å². The molecule has 0 fully saturated rings. The van der Waals surface area contributed by atoms with Crippen LogP contribution in [0.4, 0.5) is 0 Å². The molecule has 0 radical (unpaired) electrons. The first-order valence-electron chi connectivity index (χ1n) is 8.35. The molecular weight excluding hydrogens is 288 g/mol. The molecule has 0 atom stereocenters. The maximum atomic E-state index is 2.22. The van der Waals surface area contributed by atoms with Crippen molar-refractivity contribution in [2.75, 3.05) is 0 Å². The average Bonchev–Trinajstić information content (AvgIpc) is 2.65. The summed E-state index contributed by atoms with van der Waals surface area (Å²) in [4.78, 5) is 0. The van der Waals surface area contributed by atoms with Crippen LogP contribution in [-0.2, 0) is 0 Å². The lowest BCUT2D eigenvalue weighted by molar-refractivity contribution is 1.44. The van der Waals surface area contributed by atoms with Gasteiger partial charge in [0.2, 0.25) is 0 Å². The molecule has 24 heavy (non-hydrogen) atoms. The van der Waals surface area contributed by atoms with Crippen LogP contribution in [0.3, 0.4) is 0 Å². The first-order chi connectivity index (χ1) is 11.8. The first-order valence-corrected chi connectivity index (χ1v) is 8.35. The highest BCUT2D eigenvalue weighted by Crippen LogP contribution is 2.34. The Hall–Kier alpha value is -2.86. The highest BCUT2D eigenvalue weighted by molar-refractivity contribution is 5.94. The molecule has 3 rings (SSSR count). The number of rotatable bonds is 4. The molecule has 0 spiro atoms. The van der Waals surface area contributed by atoms with Gasteiger partial charge in [0.1, 0.15) is 0 Å². The van der Waals surface area contributed by atoms with E-state index in [2.05, 4.69) is 111 Å². The summed E-state index contributed by atoms with van der Waals surface area (Å²) in [7, 11) is 0. The highest BCUT2D eigenvalue weighted by atomic mass is 14.2. The SMILES string of the molecule is C/C=C(\C(C)=C(c1ccccc1)c1ccccc1)c1ccccc1.